The zero-order valence-corrected chi connectivity index (χ0v) is 7.82. The molecular formula is C8H9BrO2. The normalized spacial score (nSPS) is 8.09. The summed E-state index contributed by atoms with van der Waals surface area (Å²) in [5.74, 6) is 0.769. The van der Waals surface area contributed by atoms with Crippen LogP contribution in [0.15, 0.2) is 24.3 Å². The lowest BCUT2D eigenvalue weighted by Gasteiger charge is -1.96. The maximum absolute atomic E-state index is 10.2. The third kappa shape index (κ3) is 2.72. The van der Waals surface area contributed by atoms with Crippen molar-refractivity contribution in [2.24, 2.45) is 0 Å². The van der Waals surface area contributed by atoms with Crippen molar-refractivity contribution in [1.29, 1.82) is 0 Å². The van der Waals surface area contributed by atoms with Crippen molar-refractivity contribution in [3.63, 3.8) is 0 Å². The number of hydrogen-bond donors (Lipinski definition) is 0. The van der Waals surface area contributed by atoms with E-state index in [-0.39, 0.29) is 17.0 Å². The molecule has 60 valence electrons. The van der Waals surface area contributed by atoms with Gasteiger partial charge in [-0.3, -0.25) is 4.79 Å². The van der Waals surface area contributed by atoms with Crippen LogP contribution in [0.4, 0.5) is 0 Å². The van der Waals surface area contributed by atoms with E-state index in [4.69, 9.17) is 4.74 Å². The van der Waals surface area contributed by atoms with E-state index < -0.39 is 0 Å². The highest BCUT2D eigenvalue weighted by molar-refractivity contribution is 8.93. The lowest BCUT2D eigenvalue weighted by Crippen LogP contribution is -1.82. The molecule has 0 N–H and O–H groups in total. The number of carbonyl (C=O) groups excluding carboxylic acids is 1. The molecule has 0 radical (unpaired) electrons. The van der Waals surface area contributed by atoms with Gasteiger partial charge in [-0.1, -0.05) is 0 Å². The number of methoxy groups -OCH3 is 1. The van der Waals surface area contributed by atoms with E-state index in [1.807, 2.05) is 0 Å². The van der Waals surface area contributed by atoms with E-state index in [0.717, 1.165) is 12.0 Å². The van der Waals surface area contributed by atoms with Crippen molar-refractivity contribution in [2.75, 3.05) is 7.11 Å². The summed E-state index contributed by atoms with van der Waals surface area (Å²) in [6.45, 7) is 0. The van der Waals surface area contributed by atoms with Crippen molar-refractivity contribution >= 4 is 23.3 Å². The Hall–Kier alpha value is -0.830. The number of carbonyl (C=O) groups is 1. The van der Waals surface area contributed by atoms with Gasteiger partial charge in [0.05, 0.1) is 7.11 Å². The van der Waals surface area contributed by atoms with Crippen LogP contribution in [0.1, 0.15) is 10.4 Å². The summed E-state index contributed by atoms with van der Waals surface area (Å²) in [7, 11) is 1.59. The average Bonchev–Trinajstić information content (AvgIpc) is 2.05. The van der Waals surface area contributed by atoms with Crippen molar-refractivity contribution in [2.45, 2.75) is 0 Å². The van der Waals surface area contributed by atoms with E-state index in [1.165, 1.54) is 0 Å². The Labute approximate surface area is 75.9 Å². The first-order chi connectivity index (χ1) is 4.86. The Bertz CT molecular complexity index is 218. The first-order valence-electron chi connectivity index (χ1n) is 2.96. The first-order valence-corrected chi connectivity index (χ1v) is 2.96. The number of aldehydes is 1. The van der Waals surface area contributed by atoms with Crippen molar-refractivity contribution < 1.29 is 9.53 Å². The molecule has 0 atom stereocenters. The molecule has 1 rings (SSSR count). The first kappa shape index (κ1) is 10.2. The molecule has 0 aromatic heterocycles. The molecule has 0 aliphatic heterocycles. The average molecular weight is 217 g/mol. The third-order valence-electron chi connectivity index (χ3n) is 1.25. The topological polar surface area (TPSA) is 26.3 Å². The second kappa shape index (κ2) is 4.91. The molecule has 0 aliphatic carbocycles. The van der Waals surface area contributed by atoms with Gasteiger partial charge in [0, 0.05) is 5.56 Å². The van der Waals surface area contributed by atoms with Crippen LogP contribution in [-0.4, -0.2) is 13.4 Å². The lowest BCUT2D eigenvalue weighted by atomic mass is 10.2. The standard InChI is InChI=1S/C8H8O2.BrH/c1-10-8-4-2-7(6-9)3-5-8;/h2-6H,1H3;1H. The molecule has 0 unspecified atom stereocenters. The molecule has 3 heteroatoms. The van der Waals surface area contributed by atoms with Crippen LogP contribution in [0.2, 0.25) is 0 Å². The molecule has 0 aliphatic rings. The minimum atomic E-state index is 0. The summed E-state index contributed by atoms with van der Waals surface area (Å²) < 4.78 is 4.90. The fourth-order valence-electron chi connectivity index (χ4n) is 0.682. The summed E-state index contributed by atoms with van der Waals surface area (Å²) in [4.78, 5) is 10.2. The number of halogens is 1. The van der Waals surface area contributed by atoms with Crippen LogP contribution < -0.4 is 4.74 Å². The van der Waals surface area contributed by atoms with Gasteiger partial charge in [0.2, 0.25) is 0 Å². The predicted molar refractivity (Wildman–Crippen MR) is 48.7 cm³/mol. The van der Waals surface area contributed by atoms with Crippen LogP contribution in [0.5, 0.6) is 5.75 Å². The van der Waals surface area contributed by atoms with Crippen LogP contribution in [-0.2, 0) is 0 Å². The fraction of sp³-hybridized carbons (Fsp3) is 0.125. The highest BCUT2D eigenvalue weighted by Gasteiger charge is 1.89. The molecule has 1 aromatic carbocycles. The van der Waals surface area contributed by atoms with E-state index in [0.29, 0.717) is 5.56 Å². The van der Waals surface area contributed by atoms with E-state index >= 15 is 0 Å². The van der Waals surface area contributed by atoms with E-state index in [2.05, 4.69) is 0 Å². The predicted octanol–water partition coefficient (Wildman–Crippen LogP) is 2.09. The van der Waals surface area contributed by atoms with E-state index in [1.54, 1.807) is 31.4 Å². The molecule has 0 saturated heterocycles. The Morgan fingerprint density at radius 3 is 2.18 bits per heavy atom. The Morgan fingerprint density at radius 2 is 1.82 bits per heavy atom. The second-order valence-electron chi connectivity index (χ2n) is 1.89. The van der Waals surface area contributed by atoms with Gasteiger partial charge < -0.3 is 4.74 Å². The molecule has 0 bridgehead atoms. The van der Waals surface area contributed by atoms with Gasteiger partial charge in [-0.25, -0.2) is 0 Å². The number of benzene rings is 1. The van der Waals surface area contributed by atoms with Gasteiger partial charge in [-0.05, 0) is 24.3 Å². The Morgan fingerprint density at radius 1 is 1.27 bits per heavy atom. The molecule has 1 aromatic rings. The zero-order valence-electron chi connectivity index (χ0n) is 6.11. The second-order valence-corrected chi connectivity index (χ2v) is 1.89. The highest BCUT2D eigenvalue weighted by atomic mass is 79.9. The minimum Gasteiger partial charge on any atom is -0.497 e. The molecule has 0 spiro atoms. The summed E-state index contributed by atoms with van der Waals surface area (Å²) in [6, 6.07) is 6.94. The molecule has 0 saturated carbocycles. The Balaban J connectivity index is 0.000001000. The quantitative estimate of drug-likeness (QED) is 0.709. The smallest absolute Gasteiger partial charge is 0.150 e. The molecule has 0 fully saturated rings. The summed E-state index contributed by atoms with van der Waals surface area (Å²) in [5, 5.41) is 0. The van der Waals surface area contributed by atoms with Gasteiger partial charge in [0.25, 0.3) is 0 Å². The van der Waals surface area contributed by atoms with Crippen molar-refractivity contribution in [3.8, 4) is 5.75 Å². The lowest BCUT2D eigenvalue weighted by molar-refractivity contribution is 0.112. The third-order valence-corrected chi connectivity index (χ3v) is 1.25. The maximum atomic E-state index is 10.2. The van der Waals surface area contributed by atoms with Gasteiger partial charge in [-0.2, -0.15) is 0 Å². The summed E-state index contributed by atoms with van der Waals surface area (Å²) in [5.41, 5.74) is 0.667. The summed E-state index contributed by atoms with van der Waals surface area (Å²) in [6.07, 6.45) is 0.805. The van der Waals surface area contributed by atoms with Crippen molar-refractivity contribution in [3.05, 3.63) is 29.8 Å². The number of hydrogen-bond acceptors (Lipinski definition) is 2. The largest absolute Gasteiger partial charge is 0.497 e. The molecule has 11 heavy (non-hydrogen) atoms. The molecular weight excluding hydrogens is 208 g/mol. The summed E-state index contributed by atoms with van der Waals surface area (Å²) >= 11 is 0. The number of rotatable bonds is 2. The van der Waals surface area contributed by atoms with Gasteiger partial charge in [0.15, 0.2) is 0 Å². The minimum absolute atomic E-state index is 0. The Kier molecular flexibility index (Phi) is 4.54. The van der Waals surface area contributed by atoms with Gasteiger partial charge >= 0.3 is 0 Å². The molecule has 2 nitrogen and oxygen atoms in total. The fourth-order valence-corrected chi connectivity index (χ4v) is 0.682. The SMILES string of the molecule is Br.COc1ccc(C=O)cc1. The highest BCUT2D eigenvalue weighted by Crippen LogP contribution is 2.09. The molecule has 0 amide bonds. The van der Waals surface area contributed by atoms with Crippen LogP contribution >= 0.6 is 17.0 Å². The zero-order chi connectivity index (χ0) is 7.40. The monoisotopic (exact) mass is 216 g/mol. The van der Waals surface area contributed by atoms with Crippen LogP contribution in [0, 0.1) is 0 Å². The maximum Gasteiger partial charge on any atom is 0.150 e. The molecule has 0 heterocycles. The van der Waals surface area contributed by atoms with Gasteiger partial charge in [0.1, 0.15) is 12.0 Å². The van der Waals surface area contributed by atoms with Crippen LogP contribution in [0.25, 0.3) is 0 Å². The van der Waals surface area contributed by atoms with E-state index in [9.17, 15) is 4.79 Å². The van der Waals surface area contributed by atoms with Crippen molar-refractivity contribution in [1.82, 2.24) is 0 Å². The van der Waals surface area contributed by atoms with Crippen LogP contribution in [0.3, 0.4) is 0 Å². The van der Waals surface area contributed by atoms with Gasteiger partial charge in [-0.15, -0.1) is 17.0 Å². The number of ether oxygens (including phenoxy) is 1.